The van der Waals surface area contributed by atoms with Crippen LogP contribution in [0.15, 0.2) is 99.0 Å². The Hall–Kier alpha value is -3.51. The Labute approximate surface area is 240 Å². The van der Waals surface area contributed by atoms with Crippen molar-refractivity contribution in [3.63, 3.8) is 0 Å². The molecule has 4 aromatic rings. The van der Waals surface area contributed by atoms with E-state index in [2.05, 4.69) is 86.1 Å². The first-order valence-corrected chi connectivity index (χ1v) is 13.3. The molecule has 6 rings (SSSR count). The summed E-state index contributed by atoms with van der Waals surface area (Å²) in [5.74, 6) is 2.58. The van der Waals surface area contributed by atoms with Crippen LogP contribution in [-0.4, -0.2) is 24.9 Å². The van der Waals surface area contributed by atoms with Gasteiger partial charge in [-0.05, 0) is 24.3 Å². The molecule has 0 bridgehead atoms. The summed E-state index contributed by atoms with van der Waals surface area (Å²) in [6.45, 7) is 0. The van der Waals surface area contributed by atoms with Gasteiger partial charge in [-0.3, -0.25) is 4.98 Å². The number of aromatic amines is 2. The van der Waals surface area contributed by atoms with Crippen molar-refractivity contribution in [2.75, 3.05) is 10.6 Å². The van der Waals surface area contributed by atoms with Gasteiger partial charge in [0.05, 0.1) is 0 Å². The van der Waals surface area contributed by atoms with E-state index in [1.807, 2.05) is 60.7 Å². The first-order chi connectivity index (χ1) is 18.5. The normalized spacial score (nSPS) is 11.2. The molecule has 2 aliphatic heterocycles. The number of H-pyrrole nitrogens is 2. The zero-order valence-corrected chi connectivity index (χ0v) is 23.2. The standard InChI is InChI=1S/C27H21N7S4/c35-20-7-3-1-5-14(20)18-9-22(37)26(31-18)33-24-16-11-28-12-17(16)25(30-13-29-24)34-27-23(38)10-19(32-27)15-6-2-4-8-21(15)36/h1-13,31-32,35-38H,(H2,29,30,33,34). The van der Waals surface area contributed by atoms with E-state index in [4.69, 9.17) is 0 Å². The van der Waals surface area contributed by atoms with Crippen LogP contribution in [0.2, 0.25) is 0 Å². The molecule has 4 heterocycles. The van der Waals surface area contributed by atoms with Gasteiger partial charge in [-0.1, -0.05) is 36.4 Å². The minimum Gasteiger partial charge on any atom is -0.340 e. The summed E-state index contributed by atoms with van der Waals surface area (Å²) in [5.41, 5.74) is 5.33. The van der Waals surface area contributed by atoms with Crippen molar-refractivity contribution in [3.05, 3.63) is 79.4 Å². The smallest absolute Gasteiger partial charge is 0.142 e. The monoisotopic (exact) mass is 571 g/mol. The predicted octanol–water partition coefficient (Wildman–Crippen LogP) is 7.61. The van der Waals surface area contributed by atoms with Gasteiger partial charge >= 0.3 is 0 Å². The molecular formula is C27H21N7S4. The van der Waals surface area contributed by atoms with E-state index in [0.717, 1.165) is 53.2 Å². The van der Waals surface area contributed by atoms with Crippen molar-refractivity contribution in [1.29, 1.82) is 0 Å². The van der Waals surface area contributed by atoms with Crippen molar-refractivity contribution in [2.24, 2.45) is 0 Å². The molecule has 0 amide bonds. The number of anilines is 4. The third-order valence-electron chi connectivity index (χ3n) is 6.05. The maximum Gasteiger partial charge on any atom is 0.142 e. The summed E-state index contributed by atoms with van der Waals surface area (Å²) in [6, 6.07) is 19.7. The highest BCUT2D eigenvalue weighted by Crippen LogP contribution is 2.38. The third kappa shape index (κ3) is 4.73. The molecule has 2 aromatic heterocycles. The van der Waals surface area contributed by atoms with Gasteiger partial charge in [0.1, 0.15) is 29.6 Å². The van der Waals surface area contributed by atoms with E-state index in [1.165, 1.54) is 6.33 Å². The average Bonchev–Trinajstić information content (AvgIpc) is 3.60. The van der Waals surface area contributed by atoms with Crippen LogP contribution in [0.25, 0.3) is 33.6 Å². The highest BCUT2D eigenvalue weighted by molar-refractivity contribution is 7.81. The van der Waals surface area contributed by atoms with Crippen LogP contribution >= 0.6 is 50.5 Å². The van der Waals surface area contributed by atoms with Crippen molar-refractivity contribution in [3.8, 4) is 33.6 Å². The lowest BCUT2D eigenvalue weighted by Crippen LogP contribution is -1.96. The summed E-state index contributed by atoms with van der Waals surface area (Å²) in [4.78, 5) is 23.5. The van der Waals surface area contributed by atoms with E-state index in [9.17, 15) is 0 Å². The molecule has 188 valence electrons. The molecule has 2 aliphatic rings. The van der Waals surface area contributed by atoms with Crippen LogP contribution in [0.3, 0.4) is 0 Å². The van der Waals surface area contributed by atoms with Crippen LogP contribution in [0.4, 0.5) is 23.3 Å². The zero-order chi connectivity index (χ0) is 26.2. The van der Waals surface area contributed by atoms with Gasteiger partial charge in [-0.2, -0.15) is 0 Å². The molecule has 0 fully saturated rings. The molecule has 0 atom stereocenters. The molecule has 38 heavy (non-hydrogen) atoms. The lowest BCUT2D eigenvalue weighted by molar-refractivity contribution is 1.20. The SMILES string of the molecule is Sc1ccccc1-c1cc(S)c(Nc2ncnc(Nc3[nH]c(-c4ccccc4S)cc3S)c3cncc2-3)[nH]1. The first kappa shape index (κ1) is 24.8. The molecule has 0 unspecified atom stereocenters. The van der Waals surface area contributed by atoms with Crippen molar-refractivity contribution >= 4 is 73.8 Å². The second kappa shape index (κ2) is 10.3. The summed E-state index contributed by atoms with van der Waals surface area (Å²) in [5, 5.41) is 6.72. The summed E-state index contributed by atoms with van der Waals surface area (Å²) < 4.78 is 0. The summed E-state index contributed by atoms with van der Waals surface area (Å²) >= 11 is 18.5. The number of rotatable bonds is 6. The fraction of sp³-hybridized carbons (Fsp3) is 0. The summed E-state index contributed by atoms with van der Waals surface area (Å²) in [7, 11) is 0. The number of hydrogen-bond donors (Lipinski definition) is 8. The molecule has 4 N–H and O–H groups in total. The van der Waals surface area contributed by atoms with E-state index in [1.54, 1.807) is 12.4 Å². The molecule has 0 spiro atoms. The van der Waals surface area contributed by atoms with Gasteiger partial charge in [0.25, 0.3) is 0 Å². The number of fused-ring (bicyclic) bond motifs is 1. The Morgan fingerprint density at radius 2 is 1.00 bits per heavy atom. The second-order valence-corrected chi connectivity index (χ2v) is 10.4. The van der Waals surface area contributed by atoms with Crippen LogP contribution in [0.1, 0.15) is 0 Å². The second-order valence-electron chi connectivity index (χ2n) is 8.48. The van der Waals surface area contributed by atoms with E-state index in [-0.39, 0.29) is 0 Å². The fourth-order valence-electron chi connectivity index (χ4n) is 4.19. The minimum absolute atomic E-state index is 0.586. The lowest BCUT2D eigenvalue weighted by Gasteiger charge is -2.08. The molecule has 11 heteroatoms. The summed E-state index contributed by atoms with van der Waals surface area (Å²) in [6.07, 6.45) is 5.00. The van der Waals surface area contributed by atoms with Crippen LogP contribution in [0.5, 0.6) is 0 Å². The minimum atomic E-state index is 0.586. The quantitative estimate of drug-likeness (QED) is 0.0985. The van der Waals surface area contributed by atoms with Gasteiger partial charge in [-0.25, -0.2) is 9.97 Å². The van der Waals surface area contributed by atoms with Crippen molar-refractivity contribution in [1.82, 2.24) is 24.9 Å². The molecule has 2 aromatic carbocycles. The first-order valence-electron chi connectivity index (χ1n) is 11.5. The molecule has 0 aliphatic carbocycles. The van der Waals surface area contributed by atoms with Gasteiger partial charge < -0.3 is 20.6 Å². The zero-order valence-electron chi connectivity index (χ0n) is 19.6. The molecule has 7 nitrogen and oxygen atoms in total. The molecule has 0 saturated carbocycles. The number of nitrogens with one attached hydrogen (secondary N) is 4. The number of benzene rings is 2. The van der Waals surface area contributed by atoms with E-state index in [0.29, 0.717) is 23.3 Å². The van der Waals surface area contributed by atoms with Crippen molar-refractivity contribution < 1.29 is 0 Å². The number of thiol groups is 4. The van der Waals surface area contributed by atoms with E-state index >= 15 is 0 Å². The highest BCUT2D eigenvalue weighted by Gasteiger charge is 2.19. The van der Waals surface area contributed by atoms with Gasteiger partial charge in [0, 0.05) is 65.6 Å². The van der Waals surface area contributed by atoms with Gasteiger partial charge in [-0.15, -0.1) is 50.5 Å². The van der Waals surface area contributed by atoms with Crippen LogP contribution in [-0.2, 0) is 0 Å². The Balaban J connectivity index is 1.30. The number of aromatic nitrogens is 5. The Morgan fingerprint density at radius 1 is 0.553 bits per heavy atom. The third-order valence-corrected chi connectivity index (χ3v) is 7.54. The topological polar surface area (TPSA) is 94.3 Å². The number of hydrogen-bond acceptors (Lipinski definition) is 9. The van der Waals surface area contributed by atoms with Crippen LogP contribution < -0.4 is 10.6 Å². The van der Waals surface area contributed by atoms with Gasteiger partial charge in [0.15, 0.2) is 0 Å². The largest absolute Gasteiger partial charge is 0.340 e. The van der Waals surface area contributed by atoms with Crippen LogP contribution in [0, 0.1) is 0 Å². The maximum absolute atomic E-state index is 4.66. The Morgan fingerprint density at radius 3 is 1.45 bits per heavy atom. The Bertz CT molecular complexity index is 1620. The van der Waals surface area contributed by atoms with E-state index < -0.39 is 0 Å². The lowest BCUT2D eigenvalue weighted by atomic mass is 10.1. The average molecular weight is 572 g/mol. The highest BCUT2D eigenvalue weighted by atomic mass is 32.1. The molecule has 0 saturated heterocycles. The molecule has 0 radical (unpaired) electrons. The van der Waals surface area contributed by atoms with Crippen molar-refractivity contribution in [2.45, 2.75) is 19.6 Å². The fourth-order valence-corrected chi connectivity index (χ4v) is 5.24. The predicted molar refractivity (Wildman–Crippen MR) is 164 cm³/mol. The maximum atomic E-state index is 4.66. The Kier molecular flexibility index (Phi) is 6.75. The number of nitrogens with zero attached hydrogens (tertiary/aromatic N) is 3. The van der Waals surface area contributed by atoms with Gasteiger partial charge in [0.2, 0.25) is 0 Å². The molecular weight excluding hydrogens is 551 g/mol.